The topological polar surface area (TPSA) is 118 Å². The van der Waals surface area contributed by atoms with E-state index in [1.807, 2.05) is 0 Å². The van der Waals surface area contributed by atoms with Gasteiger partial charge in [0.2, 0.25) is 0 Å². The second kappa shape index (κ2) is 8.91. The summed E-state index contributed by atoms with van der Waals surface area (Å²) in [6.45, 7) is 0. The molecule has 0 saturated carbocycles. The standard InChI is InChI=1S/C20H14O7/c21-17(11-9-13-5-1-3-7-15(13)19(23)24)27-18(22)12-10-14-6-2-4-8-16(14)20(25)26/h1-12H,(H,23,24)(H,25,26). The quantitative estimate of drug-likeness (QED) is 0.458. The van der Waals surface area contributed by atoms with Crippen LogP contribution in [0.5, 0.6) is 0 Å². The van der Waals surface area contributed by atoms with E-state index in [4.69, 9.17) is 10.2 Å². The minimum Gasteiger partial charge on any atom is -0.478 e. The third kappa shape index (κ3) is 5.50. The predicted octanol–water partition coefficient (Wildman–Crippen LogP) is 2.88. The summed E-state index contributed by atoms with van der Waals surface area (Å²) in [4.78, 5) is 45.5. The normalized spacial score (nSPS) is 10.8. The molecule has 2 rings (SSSR count). The molecule has 7 nitrogen and oxygen atoms in total. The van der Waals surface area contributed by atoms with E-state index < -0.39 is 23.9 Å². The Morgan fingerprint density at radius 2 is 1.04 bits per heavy atom. The number of carbonyl (C=O) groups excluding carboxylic acids is 2. The monoisotopic (exact) mass is 366 g/mol. The van der Waals surface area contributed by atoms with Crippen LogP contribution in [0, 0.1) is 0 Å². The molecule has 0 amide bonds. The highest BCUT2D eigenvalue weighted by atomic mass is 16.6. The minimum absolute atomic E-state index is 0.00181. The van der Waals surface area contributed by atoms with Crippen LogP contribution in [0.25, 0.3) is 12.2 Å². The van der Waals surface area contributed by atoms with E-state index in [0.717, 1.165) is 12.2 Å². The Labute approximate surface area is 153 Å². The summed E-state index contributed by atoms with van der Waals surface area (Å²) < 4.78 is 4.55. The van der Waals surface area contributed by atoms with Gasteiger partial charge in [-0.15, -0.1) is 0 Å². The van der Waals surface area contributed by atoms with Gasteiger partial charge in [0.1, 0.15) is 0 Å². The Balaban J connectivity index is 2.04. The van der Waals surface area contributed by atoms with Crippen LogP contribution < -0.4 is 0 Å². The lowest BCUT2D eigenvalue weighted by atomic mass is 10.1. The summed E-state index contributed by atoms with van der Waals surface area (Å²) in [5.74, 6) is -4.29. The van der Waals surface area contributed by atoms with E-state index >= 15 is 0 Å². The zero-order valence-corrected chi connectivity index (χ0v) is 13.9. The smallest absolute Gasteiger partial charge is 0.338 e. The van der Waals surface area contributed by atoms with Crippen LogP contribution in [0.1, 0.15) is 31.8 Å². The largest absolute Gasteiger partial charge is 0.478 e. The number of hydrogen-bond acceptors (Lipinski definition) is 5. The highest BCUT2D eigenvalue weighted by Gasteiger charge is 2.09. The van der Waals surface area contributed by atoms with Crippen LogP contribution in [-0.2, 0) is 14.3 Å². The molecule has 0 unspecified atom stereocenters. The van der Waals surface area contributed by atoms with Crippen molar-refractivity contribution in [1.29, 1.82) is 0 Å². The molecule has 2 aromatic rings. The van der Waals surface area contributed by atoms with Crippen LogP contribution in [0.3, 0.4) is 0 Å². The Hall–Kier alpha value is -4.00. The van der Waals surface area contributed by atoms with Crippen molar-refractivity contribution in [2.75, 3.05) is 0 Å². The van der Waals surface area contributed by atoms with Crippen molar-refractivity contribution in [3.63, 3.8) is 0 Å². The fourth-order valence-electron chi connectivity index (χ4n) is 2.16. The Kier molecular flexibility index (Phi) is 6.38. The summed E-state index contributed by atoms with van der Waals surface area (Å²) >= 11 is 0. The number of rotatable bonds is 6. The van der Waals surface area contributed by atoms with E-state index in [0.29, 0.717) is 0 Å². The SMILES string of the molecule is O=C(C=Cc1ccccc1C(=O)O)OC(=O)C=Cc1ccccc1C(=O)O. The second-order valence-electron chi connectivity index (χ2n) is 5.19. The van der Waals surface area contributed by atoms with Crippen molar-refractivity contribution < 1.29 is 34.1 Å². The Morgan fingerprint density at radius 1 is 0.667 bits per heavy atom. The van der Waals surface area contributed by atoms with Gasteiger partial charge < -0.3 is 14.9 Å². The van der Waals surface area contributed by atoms with Crippen molar-refractivity contribution >= 4 is 36.0 Å². The average Bonchev–Trinajstić information content (AvgIpc) is 2.65. The summed E-state index contributed by atoms with van der Waals surface area (Å²) in [5.41, 5.74) is 0.553. The number of carboxylic acid groups (broad SMARTS) is 2. The van der Waals surface area contributed by atoms with Crippen molar-refractivity contribution in [3.8, 4) is 0 Å². The predicted molar refractivity (Wildman–Crippen MR) is 96.0 cm³/mol. The molecule has 136 valence electrons. The van der Waals surface area contributed by atoms with Gasteiger partial charge in [-0.25, -0.2) is 19.2 Å². The fourth-order valence-corrected chi connectivity index (χ4v) is 2.16. The number of ether oxygens (including phenoxy) is 1. The number of carboxylic acids is 2. The van der Waals surface area contributed by atoms with E-state index in [1.165, 1.54) is 36.4 Å². The third-order valence-electron chi connectivity index (χ3n) is 3.38. The van der Waals surface area contributed by atoms with Gasteiger partial charge in [-0.1, -0.05) is 36.4 Å². The van der Waals surface area contributed by atoms with Crippen LogP contribution in [0.4, 0.5) is 0 Å². The molecule has 0 aliphatic rings. The van der Waals surface area contributed by atoms with Crippen molar-refractivity contribution in [2.24, 2.45) is 0 Å². The molecule has 2 aromatic carbocycles. The lowest BCUT2D eigenvalue weighted by molar-refractivity contribution is -0.152. The number of esters is 2. The molecule has 0 radical (unpaired) electrons. The maximum Gasteiger partial charge on any atom is 0.338 e. The van der Waals surface area contributed by atoms with E-state index in [2.05, 4.69) is 4.74 Å². The van der Waals surface area contributed by atoms with Crippen LogP contribution in [-0.4, -0.2) is 34.1 Å². The maximum absolute atomic E-state index is 11.7. The molecule has 7 heteroatoms. The highest BCUT2D eigenvalue weighted by Crippen LogP contribution is 2.12. The summed E-state index contributed by atoms with van der Waals surface area (Å²) in [5, 5.41) is 18.1. The number of benzene rings is 2. The number of hydrogen-bond donors (Lipinski definition) is 2. The second-order valence-corrected chi connectivity index (χ2v) is 5.19. The molecule has 0 aromatic heterocycles. The molecule has 0 spiro atoms. The van der Waals surface area contributed by atoms with Crippen molar-refractivity contribution in [2.45, 2.75) is 0 Å². The number of aromatic carboxylic acids is 2. The van der Waals surface area contributed by atoms with E-state index in [1.54, 1.807) is 24.3 Å². The van der Waals surface area contributed by atoms with Gasteiger partial charge in [0.05, 0.1) is 11.1 Å². The Bertz CT molecular complexity index is 877. The molecular formula is C20H14O7. The average molecular weight is 366 g/mol. The van der Waals surface area contributed by atoms with Gasteiger partial charge in [-0.3, -0.25) is 0 Å². The van der Waals surface area contributed by atoms with E-state index in [9.17, 15) is 19.2 Å². The van der Waals surface area contributed by atoms with Crippen LogP contribution >= 0.6 is 0 Å². The van der Waals surface area contributed by atoms with E-state index in [-0.39, 0.29) is 22.3 Å². The molecule has 0 fully saturated rings. The first-order chi connectivity index (χ1) is 12.9. The molecule has 0 atom stereocenters. The first-order valence-electron chi connectivity index (χ1n) is 7.65. The lowest BCUT2D eigenvalue weighted by Crippen LogP contribution is -2.07. The molecule has 0 aliphatic heterocycles. The minimum atomic E-state index is -1.15. The molecule has 27 heavy (non-hydrogen) atoms. The van der Waals surface area contributed by atoms with Gasteiger partial charge in [0.15, 0.2) is 0 Å². The zero-order valence-electron chi connectivity index (χ0n) is 13.9. The maximum atomic E-state index is 11.7. The molecular weight excluding hydrogens is 352 g/mol. The molecule has 2 N–H and O–H groups in total. The summed E-state index contributed by atoms with van der Waals surface area (Å²) in [6.07, 6.45) is 4.31. The van der Waals surface area contributed by atoms with Crippen molar-refractivity contribution in [3.05, 3.63) is 82.9 Å². The van der Waals surface area contributed by atoms with Gasteiger partial charge in [0.25, 0.3) is 0 Å². The first-order valence-corrected chi connectivity index (χ1v) is 7.65. The zero-order chi connectivity index (χ0) is 19.8. The lowest BCUT2D eigenvalue weighted by Gasteiger charge is -2.00. The van der Waals surface area contributed by atoms with Gasteiger partial charge >= 0.3 is 23.9 Å². The molecule has 0 heterocycles. The molecule has 0 bridgehead atoms. The van der Waals surface area contributed by atoms with Crippen LogP contribution in [0.2, 0.25) is 0 Å². The highest BCUT2D eigenvalue weighted by molar-refractivity contribution is 6.01. The van der Waals surface area contributed by atoms with Gasteiger partial charge in [-0.2, -0.15) is 0 Å². The summed E-state index contributed by atoms with van der Waals surface area (Å²) in [7, 11) is 0. The number of carbonyl (C=O) groups is 4. The summed E-state index contributed by atoms with van der Waals surface area (Å²) in [6, 6.07) is 12.0. The van der Waals surface area contributed by atoms with Crippen molar-refractivity contribution in [1.82, 2.24) is 0 Å². The van der Waals surface area contributed by atoms with Gasteiger partial charge in [-0.05, 0) is 35.4 Å². The fraction of sp³-hybridized carbons (Fsp3) is 0. The Morgan fingerprint density at radius 3 is 1.41 bits per heavy atom. The molecule has 0 aliphatic carbocycles. The molecule has 0 saturated heterocycles. The van der Waals surface area contributed by atoms with Gasteiger partial charge in [0, 0.05) is 12.2 Å². The van der Waals surface area contributed by atoms with Crippen LogP contribution in [0.15, 0.2) is 60.7 Å². The first kappa shape index (κ1) is 19.3. The third-order valence-corrected chi connectivity index (χ3v) is 3.38.